The topological polar surface area (TPSA) is 52.7 Å². The van der Waals surface area contributed by atoms with Gasteiger partial charge in [-0.1, -0.05) is 6.07 Å². The van der Waals surface area contributed by atoms with Gasteiger partial charge in [0, 0.05) is 12.4 Å². The van der Waals surface area contributed by atoms with E-state index >= 15 is 0 Å². The van der Waals surface area contributed by atoms with Gasteiger partial charge in [-0.25, -0.2) is 9.37 Å². The molecule has 0 spiro atoms. The molecule has 5 nitrogen and oxygen atoms in total. The fourth-order valence-corrected chi connectivity index (χ4v) is 2.21. The summed E-state index contributed by atoms with van der Waals surface area (Å²) >= 11 is 0. The van der Waals surface area contributed by atoms with E-state index in [1.807, 2.05) is 19.2 Å². The summed E-state index contributed by atoms with van der Waals surface area (Å²) in [4.78, 5) is 16.4. The number of rotatable bonds is 3. The second-order valence-corrected chi connectivity index (χ2v) is 4.67. The van der Waals surface area contributed by atoms with Crippen LogP contribution in [0.5, 0.6) is 0 Å². The van der Waals surface area contributed by atoms with Crippen molar-refractivity contribution < 1.29 is 4.39 Å². The molecule has 1 aromatic carbocycles. The minimum atomic E-state index is -0.480. The number of benzene rings is 1. The molecular weight excluding hydrogens is 259 g/mol. The highest BCUT2D eigenvalue weighted by atomic mass is 19.1. The molecule has 0 saturated heterocycles. The van der Waals surface area contributed by atoms with Crippen molar-refractivity contribution in [3.05, 3.63) is 59.2 Å². The first kappa shape index (κ1) is 12.5. The zero-order chi connectivity index (χ0) is 14.1. The maximum absolute atomic E-state index is 13.6. The Kier molecular flexibility index (Phi) is 3.06. The van der Waals surface area contributed by atoms with Crippen LogP contribution in [0.3, 0.4) is 0 Å². The van der Waals surface area contributed by atoms with E-state index in [2.05, 4.69) is 10.1 Å². The van der Waals surface area contributed by atoms with Gasteiger partial charge in [0.2, 0.25) is 0 Å². The van der Waals surface area contributed by atoms with E-state index < -0.39 is 5.82 Å². The molecular formula is C14H13FN4O. The lowest BCUT2D eigenvalue weighted by Gasteiger charge is -2.15. The summed E-state index contributed by atoms with van der Waals surface area (Å²) in [5.74, 6) is -0.480. The average Bonchev–Trinajstić information content (AvgIpc) is 2.93. The maximum Gasteiger partial charge on any atom is 0.261 e. The third-order valence-electron chi connectivity index (χ3n) is 3.25. The van der Waals surface area contributed by atoms with Crippen LogP contribution in [0.4, 0.5) is 4.39 Å². The van der Waals surface area contributed by atoms with E-state index in [4.69, 9.17) is 0 Å². The lowest BCUT2D eigenvalue weighted by atomic mass is 10.2. The van der Waals surface area contributed by atoms with Gasteiger partial charge < -0.3 is 0 Å². The summed E-state index contributed by atoms with van der Waals surface area (Å²) < 4.78 is 16.8. The second kappa shape index (κ2) is 4.88. The molecule has 0 aliphatic rings. The molecule has 0 N–H and O–H groups in total. The lowest BCUT2D eigenvalue weighted by Crippen LogP contribution is -2.26. The van der Waals surface area contributed by atoms with Crippen LogP contribution in [-0.2, 0) is 6.54 Å². The van der Waals surface area contributed by atoms with E-state index in [0.717, 1.165) is 0 Å². The van der Waals surface area contributed by atoms with Crippen molar-refractivity contribution >= 4 is 10.9 Å². The second-order valence-electron chi connectivity index (χ2n) is 4.67. The highest BCUT2D eigenvalue weighted by Gasteiger charge is 2.12. The van der Waals surface area contributed by atoms with Crippen molar-refractivity contribution in [2.45, 2.75) is 19.5 Å². The molecule has 0 aliphatic carbocycles. The van der Waals surface area contributed by atoms with Gasteiger partial charge in [0.25, 0.3) is 5.56 Å². The first-order valence-electron chi connectivity index (χ1n) is 6.29. The van der Waals surface area contributed by atoms with E-state index in [1.165, 1.54) is 23.0 Å². The predicted molar refractivity (Wildman–Crippen MR) is 72.9 cm³/mol. The molecule has 102 valence electrons. The Hall–Kier alpha value is -2.50. The molecule has 0 fully saturated rings. The normalized spacial score (nSPS) is 12.7. The van der Waals surface area contributed by atoms with Gasteiger partial charge in [0.1, 0.15) is 11.3 Å². The van der Waals surface area contributed by atoms with Crippen LogP contribution in [0.1, 0.15) is 13.0 Å². The fraction of sp³-hybridized carbons (Fsp3) is 0.214. The zero-order valence-corrected chi connectivity index (χ0v) is 10.9. The van der Waals surface area contributed by atoms with Crippen LogP contribution in [0, 0.1) is 5.82 Å². The maximum atomic E-state index is 13.6. The number of nitrogens with zero attached hydrogens (tertiary/aromatic N) is 4. The van der Waals surface area contributed by atoms with E-state index in [-0.39, 0.29) is 17.1 Å². The standard InChI is InChI=1S/C14H13FN4O/c1-10(8-18-7-3-6-17-18)19-9-16-13-11(14(19)20)4-2-5-12(13)15/h2-7,9-10H,8H2,1H3/t10-/m1/s1. The minimum absolute atomic E-state index is 0.111. The number of halogens is 1. The lowest BCUT2D eigenvalue weighted by molar-refractivity contribution is 0.425. The van der Waals surface area contributed by atoms with Crippen LogP contribution in [0.25, 0.3) is 10.9 Å². The largest absolute Gasteiger partial charge is 0.294 e. The minimum Gasteiger partial charge on any atom is -0.294 e. The first-order valence-corrected chi connectivity index (χ1v) is 6.29. The van der Waals surface area contributed by atoms with Crippen LogP contribution >= 0.6 is 0 Å². The molecule has 0 aliphatic heterocycles. The van der Waals surface area contributed by atoms with Crippen molar-refractivity contribution in [2.75, 3.05) is 0 Å². The van der Waals surface area contributed by atoms with Crippen molar-refractivity contribution in [2.24, 2.45) is 0 Å². The van der Waals surface area contributed by atoms with Gasteiger partial charge in [0.05, 0.1) is 24.3 Å². The molecule has 20 heavy (non-hydrogen) atoms. The summed E-state index contributed by atoms with van der Waals surface area (Å²) in [6.07, 6.45) is 4.90. The summed E-state index contributed by atoms with van der Waals surface area (Å²) in [6, 6.07) is 6.10. The smallest absolute Gasteiger partial charge is 0.261 e. The van der Waals surface area contributed by atoms with Crippen molar-refractivity contribution in [3.63, 3.8) is 0 Å². The first-order chi connectivity index (χ1) is 9.66. The average molecular weight is 272 g/mol. The molecule has 0 saturated carbocycles. The quantitative estimate of drug-likeness (QED) is 0.732. The molecule has 0 amide bonds. The molecule has 3 aromatic rings. The number of para-hydroxylation sites is 1. The van der Waals surface area contributed by atoms with E-state index in [9.17, 15) is 9.18 Å². The Bertz CT molecular complexity index is 795. The summed E-state index contributed by atoms with van der Waals surface area (Å²) in [5.41, 5.74) is -0.130. The molecule has 2 heterocycles. The Balaban J connectivity index is 2.04. The highest BCUT2D eigenvalue weighted by molar-refractivity contribution is 5.77. The van der Waals surface area contributed by atoms with Gasteiger partial charge in [-0.3, -0.25) is 14.0 Å². The van der Waals surface area contributed by atoms with Crippen LogP contribution < -0.4 is 5.56 Å². The number of hydrogen-bond donors (Lipinski definition) is 0. The van der Waals surface area contributed by atoms with Gasteiger partial charge in [0.15, 0.2) is 0 Å². The van der Waals surface area contributed by atoms with Gasteiger partial charge in [-0.05, 0) is 25.1 Å². The molecule has 0 radical (unpaired) electrons. The van der Waals surface area contributed by atoms with Crippen LogP contribution in [0.15, 0.2) is 47.8 Å². The predicted octanol–water partition coefficient (Wildman–Crippen LogP) is 1.99. The Labute approximate surface area is 114 Å². The molecule has 2 aromatic heterocycles. The Morgan fingerprint density at radius 1 is 1.35 bits per heavy atom. The van der Waals surface area contributed by atoms with Gasteiger partial charge >= 0.3 is 0 Å². The Morgan fingerprint density at radius 3 is 2.95 bits per heavy atom. The summed E-state index contributed by atoms with van der Waals surface area (Å²) in [6.45, 7) is 2.45. The molecule has 3 rings (SSSR count). The fourth-order valence-electron chi connectivity index (χ4n) is 2.21. The zero-order valence-electron chi connectivity index (χ0n) is 10.9. The number of aromatic nitrogens is 4. The molecule has 0 bridgehead atoms. The van der Waals surface area contributed by atoms with E-state index in [0.29, 0.717) is 11.9 Å². The SMILES string of the molecule is C[C@H](Cn1cccn1)n1cnc2c(F)cccc2c1=O. The molecule has 6 heteroatoms. The van der Waals surface area contributed by atoms with Crippen LogP contribution in [0.2, 0.25) is 0 Å². The number of fused-ring (bicyclic) bond motifs is 1. The molecule has 0 unspecified atom stereocenters. The number of hydrogen-bond acceptors (Lipinski definition) is 3. The summed E-state index contributed by atoms with van der Waals surface area (Å²) in [5, 5.41) is 4.40. The van der Waals surface area contributed by atoms with Crippen molar-refractivity contribution in [1.29, 1.82) is 0 Å². The highest BCUT2D eigenvalue weighted by Crippen LogP contribution is 2.13. The van der Waals surface area contributed by atoms with Gasteiger partial charge in [-0.15, -0.1) is 0 Å². The van der Waals surface area contributed by atoms with E-state index in [1.54, 1.807) is 16.9 Å². The van der Waals surface area contributed by atoms with Gasteiger partial charge in [-0.2, -0.15) is 5.10 Å². The Morgan fingerprint density at radius 2 is 2.20 bits per heavy atom. The third kappa shape index (κ3) is 2.09. The van der Waals surface area contributed by atoms with Crippen molar-refractivity contribution in [1.82, 2.24) is 19.3 Å². The third-order valence-corrected chi connectivity index (χ3v) is 3.25. The van der Waals surface area contributed by atoms with Crippen LogP contribution in [-0.4, -0.2) is 19.3 Å². The monoisotopic (exact) mass is 272 g/mol. The van der Waals surface area contributed by atoms with Crippen molar-refractivity contribution in [3.8, 4) is 0 Å². The summed E-state index contributed by atoms with van der Waals surface area (Å²) in [7, 11) is 0. The molecule has 1 atom stereocenters.